The van der Waals surface area contributed by atoms with E-state index in [9.17, 15) is 27.5 Å². The Labute approximate surface area is 240 Å². The molecule has 0 aliphatic carbocycles. The number of amides is 2. The molecular weight excluding hydrogens is 545 g/mol. The molecule has 3 aromatic rings. The molecule has 2 N–H and O–H groups in total. The molecule has 1 aliphatic heterocycles. The van der Waals surface area contributed by atoms with E-state index in [-0.39, 0.29) is 43.3 Å². The topological polar surface area (TPSA) is 107 Å². The van der Waals surface area contributed by atoms with Crippen molar-refractivity contribution in [2.24, 2.45) is 0 Å². The largest absolute Gasteiger partial charge is 0.395 e. The first-order valence-electron chi connectivity index (χ1n) is 13.8. The Balaban J connectivity index is 1.54. The van der Waals surface area contributed by atoms with Gasteiger partial charge in [-0.05, 0) is 60.2 Å². The fourth-order valence-electron chi connectivity index (χ4n) is 4.94. The minimum Gasteiger partial charge on any atom is -0.395 e. The Hall–Kier alpha value is -3.60. The van der Waals surface area contributed by atoms with Gasteiger partial charge in [-0.2, -0.15) is 4.31 Å². The van der Waals surface area contributed by atoms with E-state index in [0.717, 1.165) is 24.0 Å². The van der Waals surface area contributed by atoms with E-state index in [1.54, 1.807) is 36.4 Å². The van der Waals surface area contributed by atoms with Crippen LogP contribution >= 0.6 is 0 Å². The molecule has 0 saturated carbocycles. The Bertz CT molecular complexity index is 1390. The third-order valence-electron chi connectivity index (χ3n) is 7.20. The highest BCUT2D eigenvalue weighted by Crippen LogP contribution is 2.22. The fourth-order valence-corrected chi connectivity index (χ4v) is 6.45. The van der Waals surface area contributed by atoms with Gasteiger partial charge < -0.3 is 15.3 Å². The van der Waals surface area contributed by atoms with Gasteiger partial charge in [-0.15, -0.1) is 0 Å². The summed E-state index contributed by atoms with van der Waals surface area (Å²) in [6.07, 6.45) is 2.40. The van der Waals surface area contributed by atoms with E-state index >= 15 is 0 Å². The average molecular weight is 582 g/mol. The average Bonchev–Trinajstić information content (AvgIpc) is 3.54. The highest BCUT2D eigenvalue weighted by molar-refractivity contribution is 7.89. The molecule has 1 atom stereocenters. The summed E-state index contributed by atoms with van der Waals surface area (Å²) in [7, 11) is -3.53. The van der Waals surface area contributed by atoms with Crippen molar-refractivity contribution in [1.29, 1.82) is 0 Å². The molecule has 0 spiro atoms. The third kappa shape index (κ3) is 8.22. The summed E-state index contributed by atoms with van der Waals surface area (Å²) in [5, 5.41) is 12.0. The van der Waals surface area contributed by atoms with Crippen molar-refractivity contribution < 1.29 is 27.5 Å². The van der Waals surface area contributed by atoms with Crippen molar-refractivity contribution in [3.8, 4) is 0 Å². The number of carbonyl (C=O) groups is 2. The van der Waals surface area contributed by atoms with E-state index in [4.69, 9.17) is 0 Å². The summed E-state index contributed by atoms with van der Waals surface area (Å²) in [6.45, 7) is 0.960. The van der Waals surface area contributed by atoms with Crippen molar-refractivity contribution in [2.45, 2.75) is 49.6 Å². The van der Waals surface area contributed by atoms with Crippen molar-refractivity contribution in [3.63, 3.8) is 0 Å². The molecule has 0 bridgehead atoms. The molecule has 3 aromatic carbocycles. The number of aliphatic hydroxyl groups is 1. The monoisotopic (exact) mass is 581 g/mol. The SMILES string of the molecule is O=C(NCCO)[C@H](Cc1ccccc1)N(Cc1ccc(F)cc1)C(=O)CCc1ccc(S(=O)(=O)N2CCCC2)cc1. The van der Waals surface area contributed by atoms with Crippen LogP contribution in [0.15, 0.2) is 83.8 Å². The van der Waals surface area contributed by atoms with Crippen LogP contribution in [-0.2, 0) is 39.0 Å². The van der Waals surface area contributed by atoms with Gasteiger partial charge in [-0.25, -0.2) is 12.8 Å². The number of hydrogen-bond acceptors (Lipinski definition) is 5. The number of nitrogens with one attached hydrogen (secondary N) is 1. The van der Waals surface area contributed by atoms with Crippen LogP contribution in [0.5, 0.6) is 0 Å². The van der Waals surface area contributed by atoms with Gasteiger partial charge in [0.1, 0.15) is 11.9 Å². The number of carbonyl (C=O) groups excluding carboxylic acids is 2. The zero-order chi connectivity index (χ0) is 29.2. The van der Waals surface area contributed by atoms with Crippen LogP contribution < -0.4 is 5.32 Å². The first kappa shape index (κ1) is 30.4. The normalized spacial score (nSPS) is 14.5. The second-order valence-corrected chi connectivity index (χ2v) is 12.1. The zero-order valence-electron chi connectivity index (χ0n) is 22.9. The number of nitrogens with zero attached hydrogens (tertiary/aromatic N) is 2. The van der Waals surface area contributed by atoms with Crippen LogP contribution in [0.3, 0.4) is 0 Å². The molecule has 41 heavy (non-hydrogen) atoms. The minimum absolute atomic E-state index is 0.0510. The summed E-state index contributed by atoms with van der Waals surface area (Å²) in [6, 6.07) is 20.9. The van der Waals surface area contributed by atoms with Gasteiger partial charge in [0, 0.05) is 39.0 Å². The van der Waals surface area contributed by atoms with Crippen molar-refractivity contribution in [2.75, 3.05) is 26.2 Å². The first-order chi connectivity index (χ1) is 19.8. The predicted octanol–water partition coefficient (Wildman–Crippen LogP) is 3.29. The lowest BCUT2D eigenvalue weighted by Crippen LogP contribution is -2.51. The Morgan fingerprint density at radius 2 is 1.54 bits per heavy atom. The number of aryl methyl sites for hydroxylation is 1. The van der Waals surface area contributed by atoms with E-state index in [2.05, 4.69) is 5.32 Å². The van der Waals surface area contributed by atoms with E-state index in [1.165, 1.54) is 21.3 Å². The van der Waals surface area contributed by atoms with Crippen LogP contribution in [0.25, 0.3) is 0 Å². The third-order valence-corrected chi connectivity index (χ3v) is 9.11. The summed E-state index contributed by atoms with van der Waals surface area (Å²) >= 11 is 0. The van der Waals surface area contributed by atoms with E-state index in [0.29, 0.717) is 25.1 Å². The number of hydrogen-bond donors (Lipinski definition) is 2. The molecule has 1 fully saturated rings. The van der Waals surface area contributed by atoms with Gasteiger partial charge in [0.05, 0.1) is 11.5 Å². The number of sulfonamides is 1. The maximum absolute atomic E-state index is 13.7. The molecule has 2 amide bonds. The molecule has 0 radical (unpaired) electrons. The van der Waals surface area contributed by atoms with Gasteiger partial charge >= 0.3 is 0 Å². The van der Waals surface area contributed by atoms with Crippen molar-refractivity contribution >= 4 is 21.8 Å². The lowest BCUT2D eigenvalue weighted by Gasteiger charge is -2.31. The van der Waals surface area contributed by atoms with Crippen LogP contribution in [0, 0.1) is 5.82 Å². The smallest absolute Gasteiger partial charge is 0.243 e. The molecular formula is C31H36FN3O5S. The lowest BCUT2D eigenvalue weighted by molar-refractivity contribution is -0.141. The van der Waals surface area contributed by atoms with Crippen LogP contribution in [0.4, 0.5) is 4.39 Å². The summed E-state index contributed by atoms with van der Waals surface area (Å²) in [5.41, 5.74) is 2.33. The molecule has 8 nitrogen and oxygen atoms in total. The highest BCUT2D eigenvalue weighted by atomic mass is 32.2. The molecule has 0 unspecified atom stereocenters. The molecule has 1 saturated heterocycles. The maximum atomic E-state index is 13.7. The molecule has 4 rings (SSSR count). The van der Waals surface area contributed by atoms with Gasteiger partial charge in [0.2, 0.25) is 21.8 Å². The highest BCUT2D eigenvalue weighted by Gasteiger charge is 2.30. The van der Waals surface area contributed by atoms with Gasteiger partial charge in [-0.1, -0.05) is 54.6 Å². The van der Waals surface area contributed by atoms with Crippen LogP contribution in [0.1, 0.15) is 36.0 Å². The van der Waals surface area contributed by atoms with Crippen molar-refractivity contribution in [1.82, 2.24) is 14.5 Å². The number of halogens is 1. The molecule has 1 aliphatic rings. The van der Waals surface area contributed by atoms with Gasteiger partial charge in [-0.3, -0.25) is 9.59 Å². The summed E-state index contributed by atoms with van der Waals surface area (Å²) in [5.74, 6) is -1.07. The van der Waals surface area contributed by atoms with Crippen LogP contribution in [0.2, 0.25) is 0 Å². The Morgan fingerprint density at radius 1 is 0.902 bits per heavy atom. The number of aliphatic hydroxyl groups excluding tert-OH is 1. The zero-order valence-corrected chi connectivity index (χ0v) is 23.7. The number of rotatable bonds is 13. The predicted molar refractivity (Wildman–Crippen MR) is 154 cm³/mol. The standard InChI is InChI=1S/C31H36FN3O5S/c32-27-13-8-26(9-14-27)23-35(29(31(38)33-18-21-36)22-25-6-2-1-3-7-25)30(37)17-12-24-10-15-28(16-11-24)41(39,40)34-19-4-5-20-34/h1-3,6-11,13-16,29,36H,4-5,12,17-23H2,(H,33,38)/t29-/m0/s1. The minimum atomic E-state index is -3.53. The first-order valence-corrected chi connectivity index (χ1v) is 15.3. The molecule has 0 aromatic heterocycles. The van der Waals surface area contributed by atoms with E-state index < -0.39 is 27.8 Å². The second kappa shape index (κ2) is 14.3. The van der Waals surface area contributed by atoms with Gasteiger partial charge in [0.25, 0.3) is 0 Å². The Morgan fingerprint density at radius 3 is 2.17 bits per heavy atom. The Kier molecular flexibility index (Phi) is 10.6. The summed E-state index contributed by atoms with van der Waals surface area (Å²) in [4.78, 5) is 28.7. The fraction of sp³-hybridized carbons (Fsp3) is 0.355. The van der Waals surface area contributed by atoms with Gasteiger partial charge in [0.15, 0.2) is 0 Å². The molecule has 10 heteroatoms. The number of benzene rings is 3. The van der Waals surface area contributed by atoms with Crippen molar-refractivity contribution in [3.05, 3.63) is 101 Å². The lowest BCUT2D eigenvalue weighted by atomic mass is 10.0. The maximum Gasteiger partial charge on any atom is 0.243 e. The van der Waals surface area contributed by atoms with Crippen LogP contribution in [-0.4, -0.2) is 66.8 Å². The van der Waals surface area contributed by atoms with E-state index in [1.807, 2.05) is 30.3 Å². The summed E-state index contributed by atoms with van der Waals surface area (Å²) < 4.78 is 40.8. The molecule has 218 valence electrons. The molecule has 1 heterocycles. The second-order valence-electron chi connectivity index (χ2n) is 10.1. The quantitative estimate of drug-likeness (QED) is 0.322.